The summed E-state index contributed by atoms with van der Waals surface area (Å²) >= 11 is 9.15. The minimum atomic E-state index is -0.231. The first-order valence-corrected chi connectivity index (χ1v) is 11.9. The Balaban J connectivity index is 1.52. The average Bonchev–Trinajstić information content (AvgIpc) is 3.12. The van der Waals surface area contributed by atoms with Crippen LogP contribution in [0.3, 0.4) is 0 Å². The lowest BCUT2D eigenvalue weighted by atomic mass is 10.2. The van der Waals surface area contributed by atoms with Crippen LogP contribution in [0.1, 0.15) is 23.9 Å². The number of rotatable bonds is 9. The van der Waals surface area contributed by atoms with Gasteiger partial charge in [0.15, 0.2) is 5.16 Å². The Kier molecular flexibility index (Phi) is 8.18. The number of anilines is 1. The van der Waals surface area contributed by atoms with E-state index in [9.17, 15) is 9.18 Å². The Morgan fingerprint density at radius 2 is 1.93 bits per heavy atom. The van der Waals surface area contributed by atoms with Crippen LogP contribution in [0.5, 0.6) is 0 Å². The van der Waals surface area contributed by atoms with Crippen LogP contribution in [0, 0.1) is 12.7 Å². The van der Waals surface area contributed by atoms with Crippen molar-refractivity contribution >= 4 is 46.7 Å². The number of halogens is 2. The van der Waals surface area contributed by atoms with Crippen LogP contribution >= 0.6 is 35.1 Å². The van der Waals surface area contributed by atoms with Gasteiger partial charge in [-0.3, -0.25) is 4.79 Å². The largest absolute Gasteiger partial charge is 0.325 e. The van der Waals surface area contributed by atoms with Crippen molar-refractivity contribution in [3.8, 4) is 0 Å². The predicted molar refractivity (Wildman–Crippen MR) is 123 cm³/mol. The summed E-state index contributed by atoms with van der Waals surface area (Å²) < 4.78 is 15.0. The van der Waals surface area contributed by atoms with Gasteiger partial charge in [-0.05, 0) is 49.2 Å². The lowest BCUT2D eigenvalue weighted by Crippen LogP contribution is -2.14. The second kappa shape index (κ2) is 10.8. The van der Waals surface area contributed by atoms with Gasteiger partial charge in [-0.2, -0.15) is 0 Å². The number of thioether (sulfide) groups is 2. The first-order chi connectivity index (χ1) is 14.5. The molecular formula is C21H22ClFN4OS2. The minimum Gasteiger partial charge on any atom is -0.325 e. The molecule has 0 aliphatic rings. The van der Waals surface area contributed by atoms with Crippen LogP contribution in [0.25, 0.3) is 0 Å². The number of nitrogens with zero attached hydrogens (tertiary/aromatic N) is 3. The maximum atomic E-state index is 13.0. The van der Waals surface area contributed by atoms with Crippen LogP contribution in [0.4, 0.5) is 10.1 Å². The monoisotopic (exact) mass is 464 g/mol. The van der Waals surface area contributed by atoms with E-state index in [-0.39, 0.29) is 17.5 Å². The second-order valence-electron chi connectivity index (χ2n) is 6.56. The zero-order valence-corrected chi connectivity index (χ0v) is 19.1. The maximum absolute atomic E-state index is 13.0. The third-order valence-electron chi connectivity index (χ3n) is 4.31. The Hall–Kier alpha value is -2.03. The molecule has 0 unspecified atom stereocenters. The molecule has 9 heteroatoms. The van der Waals surface area contributed by atoms with Gasteiger partial charge >= 0.3 is 0 Å². The number of hydrogen-bond donors (Lipinski definition) is 1. The number of amides is 1. The molecule has 0 radical (unpaired) electrons. The van der Waals surface area contributed by atoms with E-state index in [1.807, 2.05) is 30.5 Å². The van der Waals surface area contributed by atoms with E-state index >= 15 is 0 Å². The highest BCUT2D eigenvalue weighted by atomic mass is 35.5. The Labute approximate surface area is 188 Å². The first-order valence-electron chi connectivity index (χ1n) is 9.39. The van der Waals surface area contributed by atoms with Crippen LogP contribution in [0.15, 0.2) is 47.6 Å². The number of aryl methyl sites for hydroxylation is 1. The summed E-state index contributed by atoms with van der Waals surface area (Å²) in [5.74, 6) is 2.18. The van der Waals surface area contributed by atoms with Gasteiger partial charge in [-0.15, -0.1) is 22.0 Å². The predicted octanol–water partition coefficient (Wildman–Crippen LogP) is 5.56. The normalized spacial score (nSPS) is 10.9. The first kappa shape index (κ1) is 22.7. The molecule has 158 valence electrons. The summed E-state index contributed by atoms with van der Waals surface area (Å²) in [6, 6.07) is 11.9. The van der Waals surface area contributed by atoms with Gasteiger partial charge < -0.3 is 9.88 Å². The zero-order chi connectivity index (χ0) is 21.5. The van der Waals surface area contributed by atoms with E-state index < -0.39 is 0 Å². The highest BCUT2D eigenvalue weighted by Gasteiger charge is 2.13. The van der Waals surface area contributed by atoms with Crippen molar-refractivity contribution < 1.29 is 9.18 Å². The van der Waals surface area contributed by atoms with Gasteiger partial charge in [0.25, 0.3) is 0 Å². The summed E-state index contributed by atoms with van der Waals surface area (Å²) in [5, 5.41) is 12.7. The van der Waals surface area contributed by atoms with Crippen molar-refractivity contribution in [1.29, 1.82) is 0 Å². The van der Waals surface area contributed by atoms with E-state index in [1.54, 1.807) is 30.0 Å². The third-order valence-corrected chi connectivity index (χ3v) is 6.68. The number of carbonyl (C=O) groups is 1. The lowest BCUT2D eigenvalue weighted by Gasteiger charge is -2.08. The molecule has 1 heterocycles. The van der Waals surface area contributed by atoms with Crippen LogP contribution in [-0.4, -0.2) is 26.4 Å². The van der Waals surface area contributed by atoms with Crippen molar-refractivity contribution in [2.45, 2.75) is 37.1 Å². The smallest absolute Gasteiger partial charge is 0.234 e. The van der Waals surface area contributed by atoms with E-state index in [0.29, 0.717) is 21.6 Å². The maximum Gasteiger partial charge on any atom is 0.234 e. The molecule has 1 aromatic heterocycles. The van der Waals surface area contributed by atoms with Gasteiger partial charge in [0, 0.05) is 23.0 Å². The summed E-state index contributed by atoms with van der Waals surface area (Å²) in [4.78, 5) is 12.3. The fourth-order valence-corrected chi connectivity index (χ4v) is 4.62. The molecule has 2 aromatic carbocycles. The van der Waals surface area contributed by atoms with Gasteiger partial charge in [0.1, 0.15) is 11.6 Å². The van der Waals surface area contributed by atoms with Gasteiger partial charge in [-0.1, -0.05) is 41.6 Å². The molecular weight excluding hydrogens is 443 g/mol. The van der Waals surface area contributed by atoms with Crippen molar-refractivity contribution in [1.82, 2.24) is 14.8 Å². The Morgan fingerprint density at radius 3 is 2.63 bits per heavy atom. The molecule has 3 aromatic rings. The fourth-order valence-electron chi connectivity index (χ4n) is 2.69. The Morgan fingerprint density at radius 1 is 1.17 bits per heavy atom. The number of hydrogen-bond acceptors (Lipinski definition) is 5. The fraction of sp³-hybridized carbons (Fsp3) is 0.286. The van der Waals surface area contributed by atoms with E-state index in [2.05, 4.69) is 15.5 Å². The van der Waals surface area contributed by atoms with Gasteiger partial charge in [-0.25, -0.2) is 4.39 Å². The highest BCUT2D eigenvalue weighted by Crippen LogP contribution is 2.23. The molecule has 30 heavy (non-hydrogen) atoms. The summed E-state index contributed by atoms with van der Waals surface area (Å²) in [5.41, 5.74) is 2.70. The average molecular weight is 465 g/mol. The molecule has 5 nitrogen and oxygen atoms in total. The number of aromatic nitrogens is 3. The van der Waals surface area contributed by atoms with Crippen LogP contribution in [0.2, 0.25) is 5.02 Å². The number of carbonyl (C=O) groups excluding carboxylic acids is 1. The molecule has 0 saturated heterocycles. The Bertz CT molecular complexity index is 1010. The molecule has 0 aliphatic heterocycles. The van der Waals surface area contributed by atoms with Gasteiger partial charge in [0.2, 0.25) is 5.91 Å². The van der Waals surface area contributed by atoms with Crippen molar-refractivity contribution in [2.24, 2.45) is 0 Å². The van der Waals surface area contributed by atoms with E-state index in [0.717, 1.165) is 29.2 Å². The summed E-state index contributed by atoms with van der Waals surface area (Å²) in [6.45, 7) is 4.66. The molecule has 0 spiro atoms. The topological polar surface area (TPSA) is 59.8 Å². The zero-order valence-electron chi connectivity index (χ0n) is 16.7. The standard InChI is InChI=1S/C21H22ClFN4OS2/c1-3-27-19(12-29-11-15-5-7-16(23)8-6-15)25-26-21(27)30-13-20(28)24-17-9-4-14(2)18(22)10-17/h4-10H,3,11-13H2,1-2H3,(H,24,28). The molecule has 0 fully saturated rings. The molecule has 1 amide bonds. The molecule has 0 saturated carbocycles. The molecule has 1 N–H and O–H groups in total. The SMILES string of the molecule is CCn1c(CSCc2ccc(F)cc2)nnc1SCC(=O)Nc1ccc(C)c(Cl)c1. The second-order valence-corrected chi connectivity index (χ2v) is 8.90. The van der Waals surface area contributed by atoms with Crippen molar-refractivity contribution in [2.75, 3.05) is 11.1 Å². The highest BCUT2D eigenvalue weighted by molar-refractivity contribution is 7.99. The van der Waals surface area contributed by atoms with E-state index in [1.165, 1.54) is 23.9 Å². The number of nitrogens with one attached hydrogen (secondary N) is 1. The molecule has 3 rings (SSSR count). The molecule has 0 bridgehead atoms. The number of benzene rings is 2. The molecule has 0 aliphatic carbocycles. The quantitative estimate of drug-likeness (QED) is 0.420. The van der Waals surface area contributed by atoms with E-state index in [4.69, 9.17) is 11.6 Å². The van der Waals surface area contributed by atoms with Crippen molar-refractivity contribution in [3.63, 3.8) is 0 Å². The van der Waals surface area contributed by atoms with Gasteiger partial charge in [0.05, 0.1) is 11.5 Å². The van der Waals surface area contributed by atoms with Crippen molar-refractivity contribution in [3.05, 3.63) is 70.3 Å². The van der Waals surface area contributed by atoms with Crippen LogP contribution < -0.4 is 5.32 Å². The van der Waals surface area contributed by atoms with Crippen LogP contribution in [-0.2, 0) is 22.8 Å². The summed E-state index contributed by atoms with van der Waals surface area (Å²) in [6.07, 6.45) is 0. The third kappa shape index (κ3) is 6.23. The minimum absolute atomic E-state index is 0.127. The molecule has 0 atom stereocenters. The lowest BCUT2D eigenvalue weighted by molar-refractivity contribution is -0.113. The summed E-state index contributed by atoms with van der Waals surface area (Å²) in [7, 11) is 0.